The molecule has 0 bridgehead atoms. The SMILES string of the molecule is N[C@@H](Cc1c[nH]c2ccc(O)cc12)C(=O)NCCN1CCCC1. The summed E-state index contributed by atoms with van der Waals surface area (Å²) >= 11 is 0. The van der Waals surface area contributed by atoms with Crippen molar-refractivity contribution >= 4 is 16.8 Å². The molecule has 2 heterocycles. The van der Waals surface area contributed by atoms with E-state index in [4.69, 9.17) is 5.73 Å². The van der Waals surface area contributed by atoms with Crippen LogP contribution in [0.1, 0.15) is 18.4 Å². The van der Waals surface area contributed by atoms with Gasteiger partial charge in [0.05, 0.1) is 6.04 Å². The second kappa shape index (κ2) is 7.02. The molecule has 1 fully saturated rings. The summed E-state index contributed by atoms with van der Waals surface area (Å²) in [5.41, 5.74) is 7.90. The number of aromatic nitrogens is 1. The van der Waals surface area contributed by atoms with E-state index in [2.05, 4.69) is 15.2 Å². The number of phenols is 1. The Labute approximate surface area is 135 Å². The minimum Gasteiger partial charge on any atom is -0.508 e. The van der Waals surface area contributed by atoms with Crippen molar-refractivity contribution < 1.29 is 9.90 Å². The number of nitrogens with two attached hydrogens (primary N) is 1. The monoisotopic (exact) mass is 316 g/mol. The molecule has 0 aliphatic carbocycles. The number of nitrogens with one attached hydrogen (secondary N) is 2. The van der Waals surface area contributed by atoms with Crippen LogP contribution in [0.2, 0.25) is 0 Å². The van der Waals surface area contributed by atoms with Gasteiger partial charge in [-0.2, -0.15) is 0 Å². The molecule has 0 saturated carbocycles. The molecular weight excluding hydrogens is 292 g/mol. The van der Waals surface area contributed by atoms with Crippen LogP contribution in [0.3, 0.4) is 0 Å². The van der Waals surface area contributed by atoms with Gasteiger partial charge in [0.2, 0.25) is 5.91 Å². The summed E-state index contributed by atoms with van der Waals surface area (Å²) in [6.07, 6.45) is 4.79. The van der Waals surface area contributed by atoms with Crippen molar-refractivity contribution in [2.75, 3.05) is 26.2 Å². The molecule has 23 heavy (non-hydrogen) atoms. The summed E-state index contributed by atoms with van der Waals surface area (Å²) in [5, 5.41) is 13.4. The highest BCUT2D eigenvalue weighted by Gasteiger charge is 2.17. The summed E-state index contributed by atoms with van der Waals surface area (Å²) in [4.78, 5) is 17.6. The lowest BCUT2D eigenvalue weighted by molar-refractivity contribution is -0.122. The van der Waals surface area contributed by atoms with Gasteiger partial charge in [-0.1, -0.05) is 0 Å². The van der Waals surface area contributed by atoms with E-state index in [0.717, 1.165) is 36.1 Å². The molecule has 6 nitrogen and oxygen atoms in total. The van der Waals surface area contributed by atoms with E-state index in [1.165, 1.54) is 12.8 Å². The Balaban J connectivity index is 1.53. The Morgan fingerprint density at radius 3 is 2.96 bits per heavy atom. The number of H-pyrrole nitrogens is 1. The van der Waals surface area contributed by atoms with Crippen LogP contribution in [0.25, 0.3) is 10.9 Å². The minimum atomic E-state index is -0.588. The minimum absolute atomic E-state index is 0.126. The van der Waals surface area contributed by atoms with Crippen molar-refractivity contribution in [3.8, 4) is 5.75 Å². The van der Waals surface area contributed by atoms with Gasteiger partial charge in [-0.05, 0) is 56.1 Å². The van der Waals surface area contributed by atoms with Gasteiger partial charge in [-0.25, -0.2) is 0 Å². The molecule has 2 aromatic rings. The molecule has 1 amide bonds. The van der Waals surface area contributed by atoms with Gasteiger partial charge < -0.3 is 26.0 Å². The van der Waals surface area contributed by atoms with Crippen LogP contribution in [0, 0.1) is 0 Å². The van der Waals surface area contributed by atoms with Crippen molar-refractivity contribution in [2.24, 2.45) is 5.73 Å². The molecule has 3 rings (SSSR count). The molecule has 1 aromatic carbocycles. The van der Waals surface area contributed by atoms with Gasteiger partial charge in [0, 0.05) is 30.2 Å². The Bertz CT molecular complexity index is 676. The first-order valence-electron chi connectivity index (χ1n) is 8.18. The van der Waals surface area contributed by atoms with Crippen molar-refractivity contribution in [3.63, 3.8) is 0 Å². The molecule has 0 unspecified atom stereocenters. The Morgan fingerprint density at radius 2 is 2.17 bits per heavy atom. The van der Waals surface area contributed by atoms with Crippen LogP contribution in [-0.2, 0) is 11.2 Å². The van der Waals surface area contributed by atoms with Gasteiger partial charge >= 0.3 is 0 Å². The molecule has 1 saturated heterocycles. The summed E-state index contributed by atoms with van der Waals surface area (Å²) in [7, 11) is 0. The molecule has 0 radical (unpaired) electrons. The first-order chi connectivity index (χ1) is 11.1. The average molecular weight is 316 g/mol. The number of hydrogen-bond acceptors (Lipinski definition) is 4. The zero-order valence-corrected chi connectivity index (χ0v) is 13.2. The lowest BCUT2D eigenvalue weighted by Gasteiger charge is -2.16. The van der Waals surface area contributed by atoms with E-state index in [1.54, 1.807) is 12.1 Å². The van der Waals surface area contributed by atoms with Crippen molar-refractivity contribution in [1.29, 1.82) is 0 Å². The van der Waals surface area contributed by atoms with Crippen molar-refractivity contribution in [1.82, 2.24) is 15.2 Å². The number of benzene rings is 1. The summed E-state index contributed by atoms with van der Waals surface area (Å²) < 4.78 is 0. The van der Waals surface area contributed by atoms with E-state index in [9.17, 15) is 9.90 Å². The van der Waals surface area contributed by atoms with Crippen molar-refractivity contribution in [3.05, 3.63) is 30.0 Å². The zero-order valence-electron chi connectivity index (χ0n) is 13.2. The van der Waals surface area contributed by atoms with Crippen molar-refractivity contribution in [2.45, 2.75) is 25.3 Å². The summed E-state index contributed by atoms with van der Waals surface area (Å²) in [6, 6.07) is 4.55. The Kier molecular flexibility index (Phi) is 4.83. The van der Waals surface area contributed by atoms with Gasteiger partial charge in [0.25, 0.3) is 0 Å². The lowest BCUT2D eigenvalue weighted by Crippen LogP contribution is -2.44. The number of hydrogen-bond donors (Lipinski definition) is 4. The highest BCUT2D eigenvalue weighted by molar-refractivity contribution is 5.86. The second-order valence-electron chi connectivity index (χ2n) is 6.19. The fourth-order valence-corrected chi connectivity index (χ4v) is 3.14. The molecule has 1 aliphatic rings. The van der Waals surface area contributed by atoms with Crippen LogP contribution < -0.4 is 11.1 Å². The average Bonchev–Trinajstić information content (AvgIpc) is 3.17. The molecule has 5 N–H and O–H groups in total. The lowest BCUT2D eigenvalue weighted by atomic mass is 10.0. The molecule has 124 valence electrons. The fraction of sp³-hybridized carbons (Fsp3) is 0.471. The van der Waals surface area contributed by atoms with Gasteiger partial charge in [0.1, 0.15) is 5.75 Å². The molecule has 1 atom stereocenters. The Hall–Kier alpha value is -2.05. The second-order valence-corrected chi connectivity index (χ2v) is 6.19. The van der Waals surface area contributed by atoms with Crippen LogP contribution in [0.4, 0.5) is 0 Å². The third-order valence-corrected chi connectivity index (χ3v) is 4.45. The van der Waals surface area contributed by atoms with Crippen LogP contribution in [-0.4, -0.2) is 53.1 Å². The molecular formula is C17H24N4O2. The van der Waals surface area contributed by atoms with E-state index < -0.39 is 6.04 Å². The molecule has 1 aliphatic heterocycles. The maximum absolute atomic E-state index is 12.1. The smallest absolute Gasteiger partial charge is 0.237 e. The third-order valence-electron chi connectivity index (χ3n) is 4.45. The topological polar surface area (TPSA) is 94.4 Å². The van der Waals surface area contributed by atoms with E-state index >= 15 is 0 Å². The maximum atomic E-state index is 12.1. The number of nitrogens with zero attached hydrogens (tertiary/aromatic N) is 1. The standard InChI is InChI=1S/C17H24N4O2/c18-15(17(23)19-5-8-21-6-1-2-7-21)9-12-11-20-16-4-3-13(22)10-14(12)16/h3-4,10-11,15,20,22H,1-2,5-9,18H2,(H,19,23)/t15-/m0/s1. The fourth-order valence-electron chi connectivity index (χ4n) is 3.14. The number of amides is 1. The highest BCUT2D eigenvalue weighted by atomic mass is 16.3. The van der Waals surface area contributed by atoms with Gasteiger partial charge in [-0.3, -0.25) is 4.79 Å². The van der Waals surface area contributed by atoms with Crippen LogP contribution >= 0.6 is 0 Å². The van der Waals surface area contributed by atoms with Crippen LogP contribution in [0.5, 0.6) is 5.75 Å². The first-order valence-corrected chi connectivity index (χ1v) is 8.18. The van der Waals surface area contributed by atoms with E-state index in [-0.39, 0.29) is 11.7 Å². The first kappa shape index (κ1) is 15.8. The normalized spacial score (nSPS) is 16.7. The number of likely N-dealkylation sites (tertiary alicyclic amines) is 1. The number of aromatic amines is 1. The maximum Gasteiger partial charge on any atom is 0.237 e. The predicted molar refractivity (Wildman–Crippen MR) is 90.3 cm³/mol. The largest absolute Gasteiger partial charge is 0.508 e. The Morgan fingerprint density at radius 1 is 1.39 bits per heavy atom. The highest BCUT2D eigenvalue weighted by Crippen LogP contribution is 2.23. The van der Waals surface area contributed by atoms with E-state index in [1.807, 2.05) is 12.3 Å². The number of carbonyl (C=O) groups excluding carboxylic acids is 1. The van der Waals surface area contributed by atoms with Crippen LogP contribution in [0.15, 0.2) is 24.4 Å². The number of aromatic hydroxyl groups is 1. The quantitative estimate of drug-likeness (QED) is 0.638. The number of phenolic OH excluding ortho intramolecular Hbond substituents is 1. The molecule has 0 spiro atoms. The number of carbonyl (C=O) groups is 1. The summed E-state index contributed by atoms with van der Waals surface area (Å²) in [6.45, 7) is 3.78. The van der Waals surface area contributed by atoms with E-state index in [0.29, 0.717) is 13.0 Å². The zero-order chi connectivity index (χ0) is 16.2. The van der Waals surface area contributed by atoms with Gasteiger partial charge in [-0.15, -0.1) is 0 Å². The molecule has 6 heteroatoms. The predicted octanol–water partition coefficient (Wildman–Crippen LogP) is 0.955. The number of rotatable bonds is 6. The number of fused-ring (bicyclic) bond motifs is 1. The van der Waals surface area contributed by atoms with Gasteiger partial charge in [0.15, 0.2) is 0 Å². The third kappa shape index (κ3) is 3.83. The summed E-state index contributed by atoms with van der Waals surface area (Å²) in [5.74, 6) is 0.0840. The molecule has 1 aromatic heterocycles.